The molecule has 0 aliphatic carbocycles. The van der Waals surface area contributed by atoms with E-state index in [1.165, 1.54) is 9.40 Å². The third-order valence-electron chi connectivity index (χ3n) is 5.37. The van der Waals surface area contributed by atoms with E-state index in [4.69, 9.17) is 0 Å². The number of hydrogen-bond acceptors (Lipinski definition) is 4. The summed E-state index contributed by atoms with van der Waals surface area (Å²) in [5.41, 5.74) is 0.822. The van der Waals surface area contributed by atoms with E-state index in [1.54, 1.807) is 22.7 Å². The van der Waals surface area contributed by atoms with Gasteiger partial charge in [0, 0.05) is 38.9 Å². The van der Waals surface area contributed by atoms with Crippen LogP contribution in [0.2, 0.25) is 0 Å². The van der Waals surface area contributed by atoms with Crippen molar-refractivity contribution in [3.63, 3.8) is 0 Å². The van der Waals surface area contributed by atoms with Crippen LogP contribution < -0.4 is 4.90 Å². The third-order valence-corrected chi connectivity index (χ3v) is 7.82. The number of benzene rings is 3. The Kier molecular flexibility index (Phi) is 4.43. The molecule has 5 rings (SSSR count). The molecule has 0 saturated heterocycles. The highest BCUT2D eigenvalue weighted by molar-refractivity contribution is 7.20. The van der Waals surface area contributed by atoms with E-state index in [0.29, 0.717) is 0 Å². The second kappa shape index (κ2) is 6.99. The van der Waals surface area contributed by atoms with Gasteiger partial charge in [0.05, 0.1) is 0 Å². The van der Waals surface area contributed by atoms with Crippen LogP contribution in [0.15, 0.2) is 84.9 Å². The van der Waals surface area contributed by atoms with Gasteiger partial charge in [-0.2, -0.15) is 0 Å². The first kappa shape index (κ1) is 18.4. The maximum absolute atomic E-state index is 12.3. The van der Waals surface area contributed by atoms with Gasteiger partial charge < -0.3 is 10.0 Å². The van der Waals surface area contributed by atoms with Gasteiger partial charge >= 0.3 is 0 Å². The van der Waals surface area contributed by atoms with Gasteiger partial charge in [0.2, 0.25) is 0 Å². The van der Waals surface area contributed by atoms with Crippen molar-refractivity contribution in [3.05, 3.63) is 100 Å². The van der Waals surface area contributed by atoms with E-state index in [2.05, 4.69) is 53.4 Å². The van der Waals surface area contributed by atoms with Crippen molar-refractivity contribution in [2.75, 3.05) is 19.0 Å². The normalized spacial score (nSPS) is 12.0. The lowest BCUT2D eigenvalue weighted by atomic mass is 9.89. The number of aliphatic hydroxyl groups is 1. The first-order valence-corrected chi connectivity index (χ1v) is 11.2. The average molecular weight is 416 g/mol. The Labute approximate surface area is 178 Å². The molecule has 0 atom stereocenters. The maximum Gasteiger partial charge on any atom is 0.158 e. The highest BCUT2D eigenvalue weighted by atomic mass is 32.1. The zero-order chi connectivity index (χ0) is 20.0. The zero-order valence-electron chi connectivity index (χ0n) is 16.3. The van der Waals surface area contributed by atoms with Crippen LogP contribution in [0.5, 0.6) is 0 Å². The van der Waals surface area contributed by atoms with Crippen molar-refractivity contribution >= 4 is 48.5 Å². The van der Waals surface area contributed by atoms with Gasteiger partial charge in [-0.25, -0.2) is 0 Å². The Balaban J connectivity index is 1.75. The van der Waals surface area contributed by atoms with Crippen LogP contribution in [0.1, 0.15) is 15.3 Å². The predicted molar refractivity (Wildman–Crippen MR) is 127 cm³/mol. The summed E-state index contributed by atoms with van der Waals surface area (Å²) in [7, 11) is 4.05. The second-order valence-electron chi connectivity index (χ2n) is 7.45. The Morgan fingerprint density at radius 2 is 1.17 bits per heavy atom. The van der Waals surface area contributed by atoms with Crippen molar-refractivity contribution in [2.24, 2.45) is 0 Å². The summed E-state index contributed by atoms with van der Waals surface area (Å²) >= 11 is 3.32. The number of thiophene rings is 2. The molecule has 29 heavy (non-hydrogen) atoms. The third kappa shape index (κ3) is 3.04. The minimum absolute atomic E-state index is 0.890. The molecule has 3 aromatic carbocycles. The molecule has 2 aromatic heterocycles. The van der Waals surface area contributed by atoms with E-state index in [1.807, 2.05) is 50.5 Å². The molecule has 0 unspecified atom stereocenters. The fraction of sp³-hybridized carbons (Fsp3) is 0.120. The summed E-state index contributed by atoms with van der Waals surface area (Å²) in [6.45, 7) is 0. The quantitative estimate of drug-likeness (QED) is 0.364. The van der Waals surface area contributed by atoms with Gasteiger partial charge in [-0.3, -0.25) is 0 Å². The van der Waals surface area contributed by atoms with E-state index in [9.17, 15) is 5.11 Å². The summed E-state index contributed by atoms with van der Waals surface area (Å²) in [5, 5.41) is 14.6. The van der Waals surface area contributed by atoms with Crippen molar-refractivity contribution in [2.45, 2.75) is 5.60 Å². The fourth-order valence-corrected chi connectivity index (χ4v) is 6.17. The van der Waals surface area contributed by atoms with E-state index < -0.39 is 5.60 Å². The fourth-order valence-electron chi connectivity index (χ4n) is 3.73. The van der Waals surface area contributed by atoms with Crippen molar-refractivity contribution < 1.29 is 5.11 Å². The Morgan fingerprint density at radius 1 is 0.690 bits per heavy atom. The first-order chi connectivity index (χ1) is 14.1. The Hall–Kier alpha value is -2.66. The molecule has 0 bridgehead atoms. The number of hydrogen-bond donors (Lipinski definition) is 1. The SMILES string of the molecule is CN(C)c1ccc(C(O)(c2cc3ccccc3s2)c2cc3ccccc3s2)cc1. The van der Waals surface area contributed by atoms with Gasteiger partial charge in [-0.05, 0) is 52.7 Å². The number of rotatable bonds is 4. The van der Waals surface area contributed by atoms with Crippen molar-refractivity contribution in [1.82, 2.24) is 0 Å². The molecule has 4 heteroatoms. The summed E-state index contributed by atoms with van der Waals surface area (Å²) in [6, 6.07) is 29.1. The zero-order valence-corrected chi connectivity index (χ0v) is 17.9. The number of fused-ring (bicyclic) bond motifs is 2. The number of anilines is 1. The molecule has 0 spiro atoms. The van der Waals surface area contributed by atoms with Crippen LogP contribution >= 0.6 is 22.7 Å². The molecule has 5 aromatic rings. The molecule has 0 aliphatic rings. The lowest BCUT2D eigenvalue weighted by Crippen LogP contribution is -2.26. The van der Waals surface area contributed by atoms with Crippen molar-refractivity contribution in [3.8, 4) is 0 Å². The second-order valence-corrected chi connectivity index (χ2v) is 9.62. The average Bonchev–Trinajstić information content (AvgIpc) is 3.38. The van der Waals surface area contributed by atoms with E-state index in [-0.39, 0.29) is 0 Å². The van der Waals surface area contributed by atoms with Gasteiger partial charge in [-0.1, -0.05) is 48.5 Å². The van der Waals surface area contributed by atoms with Gasteiger partial charge in [-0.15, -0.1) is 22.7 Å². The molecular weight excluding hydrogens is 394 g/mol. The van der Waals surface area contributed by atoms with E-state index >= 15 is 0 Å². The van der Waals surface area contributed by atoms with Crippen LogP contribution in [-0.4, -0.2) is 19.2 Å². The summed E-state index contributed by atoms with van der Waals surface area (Å²) in [4.78, 5) is 3.97. The smallest absolute Gasteiger partial charge is 0.158 e. The molecule has 0 fully saturated rings. The molecule has 2 heterocycles. The summed E-state index contributed by atoms with van der Waals surface area (Å²) in [6.07, 6.45) is 0. The Morgan fingerprint density at radius 3 is 1.62 bits per heavy atom. The topological polar surface area (TPSA) is 23.5 Å². The maximum atomic E-state index is 12.3. The standard InChI is InChI=1S/C25H21NOS2/c1-26(2)20-13-11-19(12-14-20)25(27,23-15-17-7-3-5-9-21(17)28-23)24-16-18-8-4-6-10-22(18)29-24/h3-16,27H,1-2H3. The number of nitrogens with zero attached hydrogens (tertiary/aromatic N) is 1. The highest BCUT2D eigenvalue weighted by Crippen LogP contribution is 2.46. The van der Waals surface area contributed by atoms with E-state index in [0.717, 1.165) is 31.8 Å². The first-order valence-electron chi connectivity index (χ1n) is 9.54. The summed E-state index contributed by atoms with van der Waals surface area (Å²) in [5.74, 6) is 0. The largest absolute Gasteiger partial charge is 0.378 e. The van der Waals surface area contributed by atoms with Gasteiger partial charge in [0.25, 0.3) is 0 Å². The molecular formula is C25H21NOS2. The van der Waals surface area contributed by atoms with Crippen LogP contribution in [-0.2, 0) is 5.60 Å². The van der Waals surface area contributed by atoms with Crippen LogP contribution in [0, 0.1) is 0 Å². The van der Waals surface area contributed by atoms with Crippen LogP contribution in [0.4, 0.5) is 5.69 Å². The molecule has 144 valence electrons. The van der Waals surface area contributed by atoms with Gasteiger partial charge in [0.15, 0.2) is 5.60 Å². The van der Waals surface area contributed by atoms with Crippen molar-refractivity contribution in [1.29, 1.82) is 0 Å². The molecule has 0 amide bonds. The molecule has 1 N–H and O–H groups in total. The Bertz CT molecular complexity index is 1160. The minimum atomic E-state index is -1.18. The molecule has 0 radical (unpaired) electrons. The lowest BCUT2D eigenvalue weighted by molar-refractivity contribution is 0.134. The highest BCUT2D eigenvalue weighted by Gasteiger charge is 2.37. The van der Waals surface area contributed by atoms with Gasteiger partial charge in [0.1, 0.15) is 0 Å². The van der Waals surface area contributed by atoms with Crippen LogP contribution in [0.25, 0.3) is 20.2 Å². The molecule has 0 aliphatic heterocycles. The monoisotopic (exact) mass is 415 g/mol. The minimum Gasteiger partial charge on any atom is -0.378 e. The lowest BCUT2D eigenvalue weighted by Gasteiger charge is -2.27. The molecule has 2 nitrogen and oxygen atoms in total. The molecule has 0 saturated carbocycles. The van der Waals surface area contributed by atoms with Crippen LogP contribution in [0.3, 0.4) is 0 Å². The summed E-state index contributed by atoms with van der Waals surface area (Å²) < 4.78 is 2.37. The predicted octanol–water partition coefficient (Wildman–Crippen LogP) is 6.47.